The van der Waals surface area contributed by atoms with E-state index in [0.29, 0.717) is 12.4 Å². The molecule has 0 radical (unpaired) electrons. The lowest BCUT2D eigenvalue weighted by atomic mass is 9.96. The Morgan fingerprint density at radius 2 is 1.77 bits per heavy atom. The molecule has 0 saturated heterocycles. The summed E-state index contributed by atoms with van der Waals surface area (Å²) in [6.45, 7) is 2.52. The number of ether oxygens (including phenoxy) is 2. The van der Waals surface area contributed by atoms with Gasteiger partial charge < -0.3 is 19.7 Å². The molecule has 2 aromatic carbocycles. The van der Waals surface area contributed by atoms with Crippen LogP contribution in [0, 0.1) is 12.7 Å². The summed E-state index contributed by atoms with van der Waals surface area (Å²) in [6, 6.07) is 8.42. The Hall–Kier alpha value is -2.44. The van der Waals surface area contributed by atoms with Crippen molar-refractivity contribution >= 4 is 5.97 Å². The summed E-state index contributed by atoms with van der Waals surface area (Å²) in [5.41, 5.74) is -0.0816. The summed E-state index contributed by atoms with van der Waals surface area (Å²) < 4.78 is 25.7. The van der Waals surface area contributed by atoms with Crippen molar-refractivity contribution in [2.24, 2.45) is 0 Å². The van der Waals surface area contributed by atoms with Crippen LogP contribution in [0.25, 0.3) is 0 Å². The second-order valence-electron chi connectivity index (χ2n) is 5.82. The molecule has 0 heterocycles. The van der Waals surface area contributed by atoms with Gasteiger partial charge in [-0.25, -0.2) is 9.18 Å². The Morgan fingerprint density at radius 1 is 1.12 bits per heavy atom. The zero-order valence-electron chi connectivity index (χ0n) is 14.9. The second-order valence-corrected chi connectivity index (χ2v) is 5.82. The molecule has 0 aromatic heterocycles. The second kappa shape index (κ2) is 9.31. The van der Waals surface area contributed by atoms with Crippen LogP contribution in [0.1, 0.15) is 46.8 Å². The first-order chi connectivity index (χ1) is 12.5. The molecule has 0 aliphatic carbocycles. The molecule has 0 unspecified atom stereocenters. The highest BCUT2D eigenvalue weighted by Gasteiger charge is 2.28. The van der Waals surface area contributed by atoms with E-state index in [-0.39, 0.29) is 28.0 Å². The van der Waals surface area contributed by atoms with Crippen LogP contribution in [0.3, 0.4) is 0 Å². The van der Waals surface area contributed by atoms with E-state index in [1.807, 2.05) is 6.92 Å². The topological polar surface area (TPSA) is 76.0 Å². The van der Waals surface area contributed by atoms with Gasteiger partial charge in [-0.15, -0.1) is 0 Å². The summed E-state index contributed by atoms with van der Waals surface area (Å²) in [7, 11) is 0. The van der Waals surface area contributed by atoms with Crippen molar-refractivity contribution in [2.75, 3.05) is 6.61 Å². The van der Waals surface area contributed by atoms with E-state index in [0.717, 1.165) is 12.8 Å². The number of carbonyl (C=O) groups is 1. The third-order valence-corrected chi connectivity index (χ3v) is 4.05. The number of aliphatic hydroxyl groups is 2. The van der Waals surface area contributed by atoms with Gasteiger partial charge in [0.05, 0.1) is 19.8 Å². The van der Waals surface area contributed by atoms with Gasteiger partial charge in [-0.3, -0.25) is 0 Å². The number of aliphatic hydroxyl groups excluding tert-OH is 2. The van der Waals surface area contributed by atoms with Crippen molar-refractivity contribution in [3.8, 4) is 11.5 Å². The van der Waals surface area contributed by atoms with Crippen LogP contribution in [0.4, 0.5) is 4.39 Å². The molecule has 0 bridgehead atoms. The predicted molar refractivity (Wildman–Crippen MR) is 94.8 cm³/mol. The fourth-order valence-corrected chi connectivity index (χ4v) is 2.63. The fraction of sp³-hybridized carbons (Fsp3) is 0.350. The van der Waals surface area contributed by atoms with Crippen molar-refractivity contribution in [1.82, 2.24) is 0 Å². The lowest BCUT2D eigenvalue weighted by Crippen LogP contribution is -2.18. The average Bonchev–Trinajstić information content (AvgIpc) is 2.65. The Bertz CT molecular complexity index is 759. The van der Waals surface area contributed by atoms with E-state index >= 15 is 0 Å². The van der Waals surface area contributed by atoms with Crippen molar-refractivity contribution < 1.29 is 28.9 Å². The number of esters is 1. The number of halogens is 1. The first-order valence-electron chi connectivity index (χ1n) is 8.50. The molecule has 6 heteroatoms. The third kappa shape index (κ3) is 4.20. The fourth-order valence-electron chi connectivity index (χ4n) is 2.63. The molecule has 0 saturated carbocycles. The van der Waals surface area contributed by atoms with Gasteiger partial charge in [0.25, 0.3) is 0 Å². The largest absolute Gasteiger partial charge is 0.492 e. The van der Waals surface area contributed by atoms with E-state index in [1.54, 1.807) is 30.3 Å². The maximum atomic E-state index is 14.6. The highest BCUT2D eigenvalue weighted by molar-refractivity contribution is 5.96. The summed E-state index contributed by atoms with van der Waals surface area (Å²) in [4.78, 5) is 12.7. The van der Waals surface area contributed by atoms with Crippen molar-refractivity contribution in [2.45, 2.75) is 39.9 Å². The number of carbonyl (C=O) groups excluding carboxylic acids is 1. The highest BCUT2D eigenvalue weighted by atomic mass is 19.1. The minimum Gasteiger partial charge on any atom is -0.492 e. The SMILES string of the molecule is CCCCOc1c(CO)c(CO)c(F)c(C)c1C(=O)Oc1ccccc1. The van der Waals surface area contributed by atoms with Gasteiger partial charge in [0.2, 0.25) is 0 Å². The van der Waals surface area contributed by atoms with E-state index < -0.39 is 25.0 Å². The molecule has 26 heavy (non-hydrogen) atoms. The van der Waals surface area contributed by atoms with Gasteiger partial charge in [-0.1, -0.05) is 31.5 Å². The third-order valence-electron chi connectivity index (χ3n) is 4.05. The van der Waals surface area contributed by atoms with Crippen molar-refractivity contribution in [3.05, 3.63) is 58.4 Å². The lowest BCUT2D eigenvalue weighted by Gasteiger charge is -2.20. The average molecular weight is 362 g/mol. The van der Waals surface area contributed by atoms with Gasteiger partial charge in [-0.2, -0.15) is 0 Å². The zero-order chi connectivity index (χ0) is 19.1. The van der Waals surface area contributed by atoms with E-state index in [9.17, 15) is 19.4 Å². The Kier molecular flexibility index (Phi) is 7.12. The number of unbranched alkanes of at least 4 members (excludes halogenated alkanes) is 1. The molecule has 2 rings (SSSR count). The standard InChI is InChI=1S/C20H23FO5/c1-3-4-10-25-19-16(12-23)15(11-22)18(21)13(2)17(19)20(24)26-14-8-6-5-7-9-14/h5-9,22-23H,3-4,10-12H2,1-2H3. The van der Waals surface area contributed by atoms with Gasteiger partial charge in [0.1, 0.15) is 22.9 Å². The lowest BCUT2D eigenvalue weighted by molar-refractivity contribution is 0.0727. The number of hydrogen-bond donors (Lipinski definition) is 2. The molecule has 140 valence electrons. The van der Waals surface area contributed by atoms with E-state index in [1.165, 1.54) is 6.92 Å². The Balaban J connectivity index is 2.53. The van der Waals surface area contributed by atoms with E-state index in [4.69, 9.17) is 9.47 Å². The van der Waals surface area contributed by atoms with Crippen molar-refractivity contribution in [3.63, 3.8) is 0 Å². The molecule has 0 atom stereocenters. The number of hydrogen-bond acceptors (Lipinski definition) is 5. The van der Waals surface area contributed by atoms with Crippen LogP contribution in [-0.2, 0) is 13.2 Å². The molecule has 2 aromatic rings. The monoisotopic (exact) mass is 362 g/mol. The summed E-state index contributed by atoms with van der Waals surface area (Å²) in [6.07, 6.45) is 1.59. The van der Waals surface area contributed by atoms with Crippen LogP contribution in [0.2, 0.25) is 0 Å². The molecule has 0 aliphatic heterocycles. The van der Waals surface area contributed by atoms with Gasteiger partial charge in [0.15, 0.2) is 0 Å². The highest BCUT2D eigenvalue weighted by Crippen LogP contribution is 2.34. The molecule has 0 amide bonds. The summed E-state index contributed by atoms with van der Waals surface area (Å²) in [5, 5.41) is 19.2. The number of benzene rings is 2. The molecule has 0 fully saturated rings. The Labute approximate surface area is 152 Å². The van der Waals surface area contributed by atoms with Crippen LogP contribution >= 0.6 is 0 Å². The first kappa shape index (κ1) is 19.9. The van der Waals surface area contributed by atoms with Crippen molar-refractivity contribution in [1.29, 1.82) is 0 Å². The predicted octanol–water partition coefficient (Wildman–Crippen LogP) is 3.52. The minimum absolute atomic E-state index is 0.0127. The van der Waals surface area contributed by atoms with Gasteiger partial charge >= 0.3 is 5.97 Å². The quantitative estimate of drug-likeness (QED) is 0.427. The molecule has 0 aliphatic rings. The van der Waals surface area contributed by atoms with Crippen LogP contribution in [-0.4, -0.2) is 22.8 Å². The molecular weight excluding hydrogens is 339 g/mol. The zero-order valence-corrected chi connectivity index (χ0v) is 14.9. The first-order valence-corrected chi connectivity index (χ1v) is 8.50. The normalized spacial score (nSPS) is 10.7. The maximum Gasteiger partial charge on any atom is 0.347 e. The summed E-state index contributed by atoms with van der Waals surface area (Å²) >= 11 is 0. The van der Waals surface area contributed by atoms with Gasteiger partial charge in [0, 0.05) is 16.7 Å². The number of para-hydroxylation sites is 1. The van der Waals surface area contributed by atoms with E-state index in [2.05, 4.69) is 0 Å². The smallest absolute Gasteiger partial charge is 0.347 e. The Morgan fingerprint density at radius 3 is 2.35 bits per heavy atom. The number of rotatable bonds is 8. The molecule has 0 spiro atoms. The van der Waals surface area contributed by atoms with Crippen LogP contribution < -0.4 is 9.47 Å². The molecule has 2 N–H and O–H groups in total. The van der Waals surface area contributed by atoms with Crippen LogP contribution in [0.15, 0.2) is 30.3 Å². The van der Waals surface area contributed by atoms with Crippen LogP contribution in [0.5, 0.6) is 11.5 Å². The maximum absolute atomic E-state index is 14.6. The minimum atomic E-state index is -0.779. The van der Waals surface area contributed by atoms with Gasteiger partial charge in [-0.05, 0) is 25.5 Å². The summed E-state index contributed by atoms with van der Waals surface area (Å²) in [5.74, 6) is -1.16. The molecule has 5 nitrogen and oxygen atoms in total. The molecular formula is C20H23FO5.